The molecule has 1 aliphatic carbocycles. The molecule has 30 heteroatoms. The summed E-state index contributed by atoms with van der Waals surface area (Å²) in [5.74, 6) is -2.68. The summed E-state index contributed by atoms with van der Waals surface area (Å²) < 4.78 is 77.2. The average molecular weight is 1440 g/mol. The van der Waals surface area contributed by atoms with Crippen LogP contribution in [0.3, 0.4) is 0 Å². The monoisotopic (exact) mass is 1440 g/mol. The molecule has 0 bridgehead atoms. The number of amides is 3. The van der Waals surface area contributed by atoms with Gasteiger partial charge in [0.05, 0.1) is 78.3 Å². The summed E-state index contributed by atoms with van der Waals surface area (Å²) in [5, 5.41) is 32.6. The summed E-state index contributed by atoms with van der Waals surface area (Å²) in [6, 6.07) is 20.5. The molecule has 0 saturated heterocycles. The maximum atomic E-state index is 13.5. The number of sulfonamides is 1. The first kappa shape index (κ1) is 77.6. The maximum Gasteiger partial charge on any atom is 0.338 e. The van der Waals surface area contributed by atoms with E-state index in [1.54, 1.807) is 41.4 Å². The van der Waals surface area contributed by atoms with Gasteiger partial charge in [0.2, 0.25) is 11.8 Å². The second kappa shape index (κ2) is 32.2. The molecule has 0 spiro atoms. The van der Waals surface area contributed by atoms with E-state index in [1.165, 1.54) is 92.4 Å². The number of carbonyl (C=O) groups is 6. The number of hydrogen-bond acceptors (Lipinski definition) is 21. The van der Waals surface area contributed by atoms with E-state index in [-0.39, 0.29) is 97.1 Å². The summed E-state index contributed by atoms with van der Waals surface area (Å²) in [6.45, 7) is 21.3. The number of esters is 1. The van der Waals surface area contributed by atoms with Crippen LogP contribution in [0.1, 0.15) is 161 Å². The van der Waals surface area contributed by atoms with Gasteiger partial charge in [-0.05, 0) is 156 Å². The molecular weight excluding hydrogens is 1360 g/mol. The number of amidine groups is 1. The summed E-state index contributed by atoms with van der Waals surface area (Å²) in [4.78, 5) is 100. The van der Waals surface area contributed by atoms with E-state index in [4.69, 9.17) is 23.8 Å². The lowest BCUT2D eigenvalue weighted by Gasteiger charge is -2.21. The molecule has 4 aromatic carbocycles. The number of benzene rings is 4. The van der Waals surface area contributed by atoms with Crippen molar-refractivity contribution in [2.75, 3.05) is 40.3 Å². The standard InChI is InChI=1S/C23H32N2O4.C18H18N2O5S.C16H17N3O5S.C15H19N3O4/c1-7-16-13-15(3)14-17(8-2)18(16)19-20(26)24-9-11-28-12-10-25(24)21(19)29-22(27)23(4,5)6;1-25-16-5-3-2-4-15(16)18(22)20-26(23,24)14-10-6-12(7-11-14)17(21)19-13-8-9-13;1-9-10(15(20)11-8-17-19(2)16(11)21)4-5-13(25(3,22)23)14(9)12-6-7-24-18-12;1-8(2)15(3)14(21)17-12(18-15)11-10(13(19)20)5-9(6-16-11)7-22-4/h13-14H,7-12H2,1-6H3;2-7,10-11,13H,8-9H2,1H3,(H,19,21)(H,20,22);4-5,8,21H,6-7H2,1-3H3;5-6,8H,7H2,1-4H3,(H,19,20)(H,17,18,21). The van der Waals surface area contributed by atoms with Gasteiger partial charge in [-0.3, -0.25) is 33.8 Å². The van der Waals surface area contributed by atoms with Gasteiger partial charge >= 0.3 is 11.9 Å². The van der Waals surface area contributed by atoms with Gasteiger partial charge < -0.3 is 44.6 Å². The fourth-order valence-electron chi connectivity index (χ4n) is 11.1. The molecule has 1 atom stereocenters. The number of nitrogens with zero attached hydrogens (tertiary/aromatic N) is 7. The molecule has 1 unspecified atom stereocenters. The molecule has 1 fully saturated rings. The molecule has 3 amide bonds. The van der Waals surface area contributed by atoms with E-state index in [0.29, 0.717) is 78.7 Å². The second-order valence-electron chi connectivity index (χ2n) is 26.1. The predicted molar refractivity (Wildman–Crippen MR) is 378 cm³/mol. The molecule has 3 aliphatic heterocycles. The Bertz CT molecular complexity index is 4730. The van der Waals surface area contributed by atoms with Gasteiger partial charge in [0.25, 0.3) is 33.3 Å². The SMILES string of the molecule is CCc1cc(C)cc(CC)c1-c1c(OC(=O)C(C)(C)C)n2n(c1=O)CCOCC2.COCc1cnc(C2=NC(C)(C(C)C)C(=O)N2)c(C(=O)O)c1.COc1ccccc1C(=O)NS(=O)(=O)c1ccc(C(=O)NC2CC2)cc1.Cc1c(C(=O)c2cnn(C)c2O)ccc(S(C)(=O)=O)c1C1=NOCC1. The van der Waals surface area contributed by atoms with E-state index >= 15 is 0 Å². The number of carboxylic acid groups (broad SMARTS) is 1. The van der Waals surface area contributed by atoms with Crippen molar-refractivity contribution >= 4 is 66.9 Å². The van der Waals surface area contributed by atoms with Crippen LogP contribution in [0.15, 0.2) is 116 Å². The molecule has 28 nitrogen and oxygen atoms in total. The van der Waals surface area contributed by atoms with Crippen molar-refractivity contribution in [3.63, 3.8) is 0 Å². The number of hydrogen-bond donors (Lipinski definition) is 5. The van der Waals surface area contributed by atoms with Crippen LogP contribution in [-0.4, -0.2) is 150 Å². The number of aromatic hydroxyl groups is 1. The molecule has 6 heterocycles. The lowest BCUT2D eigenvalue weighted by Crippen LogP contribution is -2.41. The van der Waals surface area contributed by atoms with Crippen LogP contribution in [0, 0.1) is 25.2 Å². The van der Waals surface area contributed by atoms with Crippen molar-refractivity contribution in [2.24, 2.45) is 28.5 Å². The summed E-state index contributed by atoms with van der Waals surface area (Å²) in [5.41, 5.74) is 6.00. The van der Waals surface area contributed by atoms with Crippen LogP contribution < -0.4 is 30.4 Å². The van der Waals surface area contributed by atoms with Gasteiger partial charge in [-0.2, -0.15) is 5.10 Å². The first-order chi connectivity index (χ1) is 48.1. The largest absolute Gasteiger partial charge is 0.496 e. The van der Waals surface area contributed by atoms with Gasteiger partial charge in [-0.25, -0.2) is 45.4 Å². The van der Waals surface area contributed by atoms with Crippen molar-refractivity contribution < 1.29 is 79.6 Å². The van der Waals surface area contributed by atoms with Crippen LogP contribution in [0.4, 0.5) is 0 Å². The number of methoxy groups -OCH3 is 2. The fourth-order valence-corrected chi connectivity index (χ4v) is 13.0. The average Bonchev–Trinajstić information content (AvgIpc) is 1.57. The van der Waals surface area contributed by atoms with E-state index in [9.17, 15) is 60.6 Å². The molecule has 11 rings (SSSR count). The highest BCUT2D eigenvalue weighted by atomic mass is 32.2. The van der Waals surface area contributed by atoms with Crippen LogP contribution >= 0.6 is 0 Å². The van der Waals surface area contributed by atoms with Crippen LogP contribution in [0.5, 0.6) is 17.5 Å². The zero-order valence-corrected chi connectivity index (χ0v) is 61.1. The lowest BCUT2D eigenvalue weighted by atomic mass is 9.89. The number of ketones is 1. The van der Waals surface area contributed by atoms with Gasteiger partial charge in [0.1, 0.15) is 34.7 Å². The van der Waals surface area contributed by atoms with E-state index in [1.807, 2.05) is 39.3 Å². The number of aromatic carboxylic acids is 1. The Morgan fingerprint density at radius 1 is 0.814 bits per heavy atom. The Hall–Kier alpha value is -10.2. The molecule has 5 N–H and O–H groups in total. The number of pyridine rings is 1. The molecule has 544 valence electrons. The van der Waals surface area contributed by atoms with Gasteiger partial charge in [0, 0.05) is 55.8 Å². The number of aliphatic imine (C=N–C) groups is 1. The Labute approximate surface area is 591 Å². The number of carboxylic acids is 1. The van der Waals surface area contributed by atoms with Crippen LogP contribution in [-0.2, 0) is 83.3 Å². The number of ether oxygens (including phenoxy) is 4. The number of para-hydroxylation sites is 1. The third-order valence-corrected chi connectivity index (χ3v) is 19.7. The molecule has 4 aliphatic rings. The van der Waals surface area contributed by atoms with Crippen LogP contribution in [0.25, 0.3) is 11.1 Å². The number of oxime groups is 1. The predicted octanol–water partition coefficient (Wildman–Crippen LogP) is 7.85. The second-order valence-corrected chi connectivity index (χ2v) is 29.8. The van der Waals surface area contributed by atoms with Gasteiger partial charge in [-0.15, -0.1) is 0 Å². The van der Waals surface area contributed by atoms with Gasteiger partial charge in [0.15, 0.2) is 21.5 Å². The summed E-state index contributed by atoms with van der Waals surface area (Å²) in [7, 11) is -3.16. The molecule has 3 aromatic heterocycles. The van der Waals surface area contributed by atoms with Crippen molar-refractivity contribution in [3.8, 4) is 28.6 Å². The number of sulfone groups is 1. The van der Waals surface area contributed by atoms with Gasteiger partial charge in [-0.1, -0.05) is 62.7 Å². The molecule has 102 heavy (non-hydrogen) atoms. The highest BCUT2D eigenvalue weighted by molar-refractivity contribution is 7.91. The first-order valence-corrected chi connectivity index (χ1v) is 36.3. The Morgan fingerprint density at radius 3 is 2.00 bits per heavy atom. The molecule has 7 aromatic rings. The van der Waals surface area contributed by atoms with E-state index in [2.05, 4.69) is 63.8 Å². The number of aryl methyl sites for hydroxylation is 4. The number of carbonyl (C=O) groups excluding carboxylic acids is 5. The topological polar surface area (TPSA) is 376 Å². The van der Waals surface area contributed by atoms with E-state index < -0.39 is 48.5 Å². The third-order valence-electron chi connectivity index (χ3n) is 17.2. The van der Waals surface area contributed by atoms with Crippen molar-refractivity contribution in [1.82, 2.24) is 39.5 Å². The van der Waals surface area contributed by atoms with Crippen LogP contribution in [0.2, 0.25) is 0 Å². The van der Waals surface area contributed by atoms with Crippen molar-refractivity contribution in [2.45, 2.75) is 142 Å². The quantitative estimate of drug-likeness (QED) is 0.0380. The number of fused-ring (bicyclic) bond motifs is 1. The fraction of sp³-hybridized carbons (Fsp3) is 0.403. The minimum Gasteiger partial charge on any atom is -0.496 e. The molecular formula is C72H86N10O18S2. The Morgan fingerprint density at radius 2 is 1.46 bits per heavy atom. The number of nitrogens with one attached hydrogen (secondary N) is 3. The molecule has 1 saturated carbocycles. The van der Waals surface area contributed by atoms with Crippen molar-refractivity contribution in [3.05, 3.63) is 169 Å². The zero-order valence-electron chi connectivity index (χ0n) is 59.5. The smallest absolute Gasteiger partial charge is 0.338 e. The number of rotatable bonds is 19. The third kappa shape index (κ3) is 17.6. The Kier molecular flexibility index (Phi) is 24.5. The first-order valence-electron chi connectivity index (χ1n) is 32.9. The minimum atomic E-state index is -4.07. The molecule has 0 radical (unpaired) electrons. The highest BCUT2D eigenvalue weighted by Crippen LogP contribution is 2.37. The lowest BCUT2D eigenvalue weighted by molar-refractivity contribution is -0.143. The zero-order chi connectivity index (χ0) is 74.9. The maximum absolute atomic E-state index is 13.5. The van der Waals surface area contributed by atoms with E-state index in [0.717, 1.165) is 48.6 Å². The Balaban J connectivity index is 0.000000173. The van der Waals surface area contributed by atoms with Crippen molar-refractivity contribution in [1.29, 1.82) is 0 Å². The number of aromatic nitrogens is 5. The normalized spacial score (nSPS) is 15.6. The minimum absolute atomic E-state index is 0.0124. The highest BCUT2D eigenvalue weighted by Gasteiger charge is 2.43. The summed E-state index contributed by atoms with van der Waals surface area (Å²) in [6.07, 6.45) is 7.88. The summed E-state index contributed by atoms with van der Waals surface area (Å²) >= 11 is 0.